The van der Waals surface area contributed by atoms with Crippen LogP contribution in [0.5, 0.6) is 0 Å². The minimum atomic E-state index is -3.36. The number of guanidine groups is 1. The van der Waals surface area contributed by atoms with Gasteiger partial charge in [0.1, 0.15) is 0 Å². The molecule has 1 aromatic rings. The molecule has 0 atom stereocenters. The first-order chi connectivity index (χ1) is 13.1. The second-order valence-corrected chi connectivity index (χ2v) is 9.45. The van der Waals surface area contributed by atoms with E-state index in [-0.39, 0.29) is 0 Å². The van der Waals surface area contributed by atoms with Crippen LogP contribution in [0.2, 0.25) is 0 Å². The number of aliphatic imine (C=N–C) groups is 1. The van der Waals surface area contributed by atoms with Crippen LogP contribution in [-0.2, 0) is 16.6 Å². The number of hydrogen-bond donors (Lipinski definition) is 2. The molecule has 0 radical (unpaired) electrons. The zero-order valence-corrected chi connectivity index (χ0v) is 17.1. The maximum atomic E-state index is 12.7. The smallest absolute Gasteiger partial charge is 0.243 e. The highest BCUT2D eigenvalue weighted by molar-refractivity contribution is 7.89. The average Bonchev–Trinajstić information content (AvgIpc) is 2.73. The van der Waals surface area contributed by atoms with Crippen LogP contribution in [0, 0.1) is 0 Å². The molecule has 0 unspecified atom stereocenters. The Hall–Kier alpha value is -1.60. The van der Waals surface area contributed by atoms with E-state index in [0.29, 0.717) is 30.6 Å². The summed E-state index contributed by atoms with van der Waals surface area (Å²) in [5.41, 5.74) is 1.04. The van der Waals surface area contributed by atoms with Crippen molar-refractivity contribution in [2.45, 2.75) is 68.8 Å². The van der Waals surface area contributed by atoms with Crippen LogP contribution in [0.1, 0.15) is 56.9 Å². The van der Waals surface area contributed by atoms with E-state index in [4.69, 9.17) is 0 Å². The topological polar surface area (TPSA) is 73.8 Å². The molecule has 1 saturated carbocycles. The highest BCUT2D eigenvalue weighted by atomic mass is 32.2. The van der Waals surface area contributed by atoms with E-state index >= 15 is 0 Å². The molecule has 0 aromatic heterocycles. The summed E-state index contributed by atoms with van der Waals surface area (Å²) in [5.74, 6) is 0.812. The van der Waals surface area contributed by atoms with Crippen molar-refractivity contribution in [2.75, 3.05) is 20.1 Å². The molecular formula is C20H32N4O2S. The highest BCUT2D eigenvalue weighted by Gasteiger charge is 2.25. The summed E-state index contributed by atoms with van der Waals surface area (Å²) in [4.78, 5) is 4.69. The summed E-state index contributed by atoms with van der Waals surface area (Å²) in [6.45, 7) is 1.89. The molecule has 2 fully saturated rings. The molecule has 7 heteroatoms. The van der Waals surface area contributed by atoms with Crippen molar-refractivity contribution < 1.29 is 8.42 Å². The predicted molar refractivity (Wildman–Crippen MR) is 109 cm³/mol. The molecule has 1 aliphatic carbocycles. The van der Waals surface area contributed by atoms with Gasteiger partial charge in [-0.05, 0) is 43.4 Å². The van der Waals surface area contributed by atoms with Gasteiger partial charge in [-0.1, -0.05) is 37.8 Å². The third-order valence-corrected chi connectivity index (χ3v) is 7.42. The Balaban J connectivity index is 1.55. The third-order valence-electron chi connectivity index (χ3n) is 5.51. The molecule has 1 aliphatic heterocycles. The van der Waals surface area contributed by atoms with Crippen LogP contribution in [0.25, 0.3) is 0 Å². The summed E-state index contributed by atoms with van der Waals surface area (Å²) in [5, 5.41) is 6.82. The van der Waals surface area contributed by atoms with Crippen molar-refractivity contribution >= 4 is 16.0 Å². The molecule has 2 aliphatic rings. The van der Waals surface area contributed by atoms with E-state index in [1.807, 2.05) is 12.1 Å². The number of nitrogens with one attached hydrogen (secondary N) is 2. The molecule has 6 nitrogen and oxygen atoms in total. The van der Waals surface area contributed by atoms with Crippen molar-refractivity contribution in [3.63, 3.8) is 0 Å². The van der Waals surface area contributed by atoms with E-state index in [9.17, 15) is 8.42 Å². The zero-order chi connectivity index (χ0) is 19.1. The Kier molecular flexibility index (Phi) is 7.13. The minimum absolute atomic E-state index is 0.387. The van der Waals surface area contributed by atoms with Crippen molar-refractivity contribution in [1.29, 1.82) is 0 Å². The fourth-order valence-corrected chi connectivity index (χ4v) is 5.37. The van der Waals surface area contributed by atoms with E-state index in [2.05, 4.69) is 15.6 Å². The zero-order valence-electron chi connectivity index (χ0n) is 16.3. The number of benzene rings is 1. The second kappa shape index (κ2) is 9.55. The number of piperidine rings is 1. The van der Waals surface area contributed by atoms with Gasteiger partial charge in [0, 0.05) is 32.7 Å². The second-order valence-electron chi connectivity index (χ2n) is 7.51. The van der Waals surface area contributed by atoms with E-state index in [1.54, 1.807) is 23.5 Å². The van der Waals surface area contributed by atoms with Gasteiger partial charge >= 0.3 is 0 Å². The van der Waals surface area contributed by atoms with Crippen LogP contribution in [-0.4, -0.2) is 44.9 Å². The molecule has 1 heterocycles. The van der Waals surface area contributed by atoms with Crippen LogP contribution >= 0.6 is 0 Å². The molecule has 150 valence electrons. The summed E-state index contributed by atoms with van der Waals surface area (Å²) < 4.78 is 27.0. The molecule has 0 bridgehead atoms. The van der Waals surface area contributed by atoms with Crippen LogP contribution in [0.4, 0.5) is 0 Å². The largest absolute Gasteiger partial charge is 0.354 e. The van der Waals surface area contributed by atoms with Crippen molar-refractivity contribution in [1.82, 2.24) is 14.9 Å². The Morgan fingerprint density at radius 3 is 2.30 bits per heavy atom. The van der Waals surface area contributed by atoms with Crippen LogP contribution in [0.3, 0.4) is 0 Å². The van der Waals surface area contributed by atoms with Gasteiger partial charge in [0.15, 0.2) is 5.96 Å². The molecule has 1 saturated heterocycles. The third kappa shape index (κ3) is 5.45. The molecule has 0 amide bonds. The first kappa shape index (κ1) is 20.1. The lowest BCUT2D eigenvalue weighted by molar-refractivity contribution is 0.346. The lowest BCUT2D eigenvalue weighted by Gasteiger charge is -2.26. The van der Waals surface area contributed by atoms with E-state index in [1.165, 1.54) is 32.1 Å². The Labute approximate surface area is 163 Å². The summed E-state index contributed by atoms with van der Waals surface area (Å²) in [6.07, 6.45) is 9.31. The van der Waals surface area contributed by atoms with Gasteiger partial charge in [-0.3, -0.25) is 4.99 Å². The Morgan fingerprint density at radius 2 is 1.67 bits per heavy atom. The van der Waals surface area contributed by atoms with Gasteiger partial charge in [0.25, 0.3) is 0 Å². The normalized spacial score (nSPS) is 20.4. The summed E-state index contributed by atoms with van der Waals surface area (Å²) >= 11 is 0. The summed E-state index contributed by atoms with van der Waals surface area (Å²) in [6, 6.07) is 7.72. The molecule has 27 heavy (non-hydrogen) atoms. The monoisotopic (exact) mass is 392 g/mol. The lowest BCUT2D eigenvalue weighted by atomic mass is 9.96. The van der Waals surface area contributed by atoms with Crippen molar-refractivity contribution in [3.05, 3.63) is 29.8 Å². The molecule has 0 spiro atoms. The maximum Gasteiger partial charge on any atom is 0.243 e. The first-order valence-electron chi connectivity index (χ1n) is 10.2. The van der Waals surface area contributed by atoms with Gasteiger partial charge in [-0.25, -0.2) is 8.42 Å². The Bertz CT molecular complexity index is 719. The SMILES string of the molecule is CN=C(NCc1ccc(S(=O)(=O)N2CCCCC2)cc1)NC1CCCCC1. The average molecular weight is 393 g/mol. The van der Waals surface area contributed by atoms with E-state index < -0.39 is 10.0 Å². The minimum Gasteiger partial charge on any atom is -0.354 e. The van der Waals surface area contributed by atoms with Gasteiger partial charge in [-0.15, -0.1) is 0 Å². The fraction of sp³-hybridized carbons (Fsp3) is 0.650. The van der Waals surface area contributed by atoms with Crippen LogP contribution < -0.4 is 10.6 Å². The van der Waals surface area contributed by atoms with Crippen molar-refractivity contribution in [3.8, 4) is 0 Å². The molecule has 2 N–H and O–H groups in total. The first-order valence-corrected chi connectivity index (χ1v) is 11.6. The van der Waals surface area contributed by atoms with Gasteiger partial charge < -0.3 is 10.6 Å². The number of nitrogens with zero attached hydrogens (tertiary/aromatic N) is 2. The lowest BCUT2D eigenvalue weighted by Crippen LogP contribution is -2.43. The maximum absolute atomic E-state index is 12.7. The van der Waals surface area contributed by atoms with E-state index in [0.717, 1.165) is 30.8 Å². The predicted octanol–water partition coefficient (Wildman–Crippen LogP) is 2.86. The fourth-order valence-electron chi connectivity index (χ4n) is 3.85. The van der Waals surface area contributed by atoms with Gasteiger partial charge in [0.2, 0.25) is 10.0 Å². The number of hydrogen-bond acceptors (Lipinski definition) is 3. The van der Waals surface area contributed by atoms with Gasteiger partial charge in [-0.2, -0.15) is 4.31 Å². The van der Waals surface area contributed by atoms with Crippen LogP contribution in [0.15, 0.2) is 34.2 Å². The number of rotatable bonds is 5. The number of sulfonamides is 1. The molecular weight excluding hydrogens is 360 g/mol. The summed E-state index contributed by atoms with van der Waals surface area (Å²) in [7, 11) is -1.57. The Morgan fingerprint density at radius 1 is 1.04 bits per heavy atom. The van der Waals surface area contributed by atoms with Gasteiger partial charge in [0.05, 0.1) is 4.90 Å². The highest BCUT2D eigenvalue weighted by Crippen LogP contribution is 2.21. The standard InChI is InChI=1S/C20H32N4O2S/c1-21-20(23-18-8-4-2-5-9-18)22-16-17-10-12-19(13-11-17)27(25,26)24-14-6-3-7-15-24/h10-13,18H,2-9,14-16H2,1H3,(H2,21,22,23). The quantitative estimate of drug-likeness (QED) is 0.597. The molecule has 3 rings (SSSR count). The molecule has 1 aromatic carbocycles. The van der Waals surface area contributed by atoms with Crippen molar-refractivity contribution in [2.24, 2.45) is 4.99 Å².